The van der Waals surface area contributed by atoms with E-state index in [2.05, 4.69) is 19.2 Å². The lowest BCUT2D eigenvalue weighted by atomic mass is 10.0. The molecule has 19 heavy (non-hydrogen) atoms. The number of hydrogen-bond donors (Lipinski definition) is 1. The molecule has 0 aromatic heterocycles. The van der Waals surface area contributed by atoms with Gasteiger partial charge in [-0.2, -0.15) is 0 Å². The van der Waals surface area contributed by atoms with E-state index in [4.69, 9.17) is 9.47 Å². The van der Waals surface area contributed by atoms with Gasteiger partial charge in [-0.15, -0.1) is 0 Å². The summed E-state index contributed by atoms with van der Waals surface area (Å²) in [6, 6.07) is 7.52. The molecule has 0 heterocycles. The molecular weight excluding hydrogens is 242 g/mol. The van der Waals surface area contributed by atoms with Crippen molar-refractivity contribution in [3.63, 3.8) is 0 Å². The third-order valence-corrected chi connectivity index (χ3v) is 2.90. The fourth-order valence-electron chi connectivity index (χ4n) is 1.86. The van der Waals surface area contributed by atoms with Gasteiger partial charge in [0.25, 0.3) is 0 Å². The van der Waals surface area contributed by atoms with E-state index in [0.29, 0.717) is 12.5 Å². The summed E-state index contributed by atoms with van der Waals surface area (Å²) in [6.07, 6.45) is 0.767. The topological polar surface area (TPSA) is 47.6 Å². The minimum absolute atomic E-state index is 0.206. The predicted octanol–water partition coefficient (Wildman–Crippen LogP) is 2.37. The molecule has 106 valence electrons. The Balaban J connectivity index is 2.56. The zero-order valence-electron chi connectivity index (χ0n) is 12.1. The summed E-state index contributed by atoms with van der Waals surface area (Å²) >= 11 is 0. The van der Waals surface area contributed by atoms with Gasteiger partial charge in [-0.05, 0) is 30.0 Å². The summed E-state index contributed by atoms with van der Waals surface area (Å²) in [6.45, 7) is 4.81. The van der Waals surface area contributed by atoms with E-state index < -0.39 is 0 Å². The van der Waals surface area contributed by atoms with Crippen LogP contribution >= 0.6 is 0 Å². The first-order chi connectivity index (χ1) is 9.06. The van der Waals surface area contributed by atoms with E-state index in [9.17, 15) is 4.79 Å². The van der Waals surface area contributed by atoms with Crippen LogP contribution in [0.5, 0.6) is 5.75 Å². The number of carbonyl (C=O) groups is 1. The summed E-state index contributed by atoms with van der Waals surface area (Å²) in [7, 11) is 3.06. The molecule has 0 fully saturated rings. The first kappa shape index (κ1) is 15.5. The lowest BCUT2D eigenvalue weighted by Crippen LogP contribution is -2.38. The van der Waals surface area contributed by atoms with Gasteiger partial charge in [0.1, 0.15) is 11.8 Å². The average Bonchev–Trinajstić information content (AvgIpc) is 2.42. The molecule has 1 aromatic carbocycles. The maximum Gasteiger partial charge on any atom is 0.322 e. The van der Waals surface area contributed by atoms with E-state index in [1.807, 2.05) is 24.3 Å². The molecule has 0 spiro atoms. The fraction of sp³-hybridized carbons (Fsp3) is 0.533. The van der Waals surface area contributed by atoms with Gasteiger partial charge in [-0.25, -0.2) is 0 Å². The van der Waals surface area contributed by atoms with Crippen molar-refractivity contribution in [3.05, 3.63) is 29.8 Å². The Morgan fingerprint density at radius 3 is 2.32 bits per heavy atom. The highest BCUT2D eigenvalue weighted by molar-refractivity contribution is 5.75. The Kier molecular flexibility index (Phi) is 6.36. The molecule has 0 aliphatic heterocycles. The SMILES string of the molecule is COC(=O)C(CC(C)C)NCc1ccc(OC)cc1. The average molecular weight is 265 g/mol. The molecular formula is C15H23NO3. The lowest BCUT2D eigenvalue weighted by molar-refractivity contribution is -0.143. The maximum absolute atomic E-state index is 11.7. The first-order valence-corrected chi connectivity index (χ1v) is 6.51. The summed E-state index contributed by atoms with van der Waals surface area (Å²) in [5.74, 6) is 1.06. The monoisotopic (exact) mass is 265 g/mol. The third-order valence-electron chi connectivity index (χ3n) is 2.90. The van der Waals surface area contributed by atoms with E-state index in [1.165, 1.54) is 7.11 Å². The number of carbonyl (C=O) groups excluding carboxylic acids is 1. The van der Waals surface area contributed by atoms with Gasteiger partial charge in [0.15, 0.2) is 0 Å². The van der Waals surface area contributed by atoms with Crippen LogP contribution in [0, 0.1) is 5.92 Å². The zero-order chi connectivity index (χ0) is 14.3. The van der Waals surface area contributed by atoms with Crippen LogP contribution in [0.3, 0.4) is 0 Å². The van der Waals surface area contributed by atoms with E-state index in [1.54, 1.807) is 7.11 Å². The molecule has 1 N–H and O–H groups in total. The number of hydrogen-bond acceptors (Lipinski definition) is 4. The van der Waals surface area contributed by atoms with Crippen LogP contribution in [0.4, 0.5) is 0 Å². The zero-order valence-corrected chi connectivity index (χ0v) is 12.1. The van der Waals surface area contributed by atoms with E-state index in [-0.39, 0.29) is 12.0 Å². The van der Waals surface area contributed by atoms with Gasteiger partial charge in [0, 0.05) is 6.54 Å². The molecule has 0 amide bonds. The molecule has 0 aliphatic rings. The Morgan fingerprint density at radius 2 is 1.84 bits per heavy atom. The van der Waals surface area contributed by atoms with Crippen LogP contribution < -0.4 is 10.1 Å². The largest absolute Gasteiger partial charge is 0.497 e. The van der Waals surface area contributed by atoms with Crippen molar-refractivity contribution in [1.29, 1.82) is 0 Å². The lowest BCUT2D eigenvalue weighted by Gasteiger charge is -2.18. The third kappa shape index (κ3) is 5.30. The maximum atomic E-state index is 11.7. The number of esters is 1. The molecule has 4 nitrogen and oxygen atoms in total. The number of nitrogens with one attached hydrogen (secondary N) is 1. The smallest absolute Gasteiger partial charge is 0.322 e. The Morgan fingerprint density at radius 1 is 1.21 bits per heavy atom. The molecule has 1 rings (SSSR count). The molecule has 0 radical (unpaired) electrons. The van der Waals surface area contributed by atoms with Crippen molar-refractivity contribution in [3.8, 4) is 5.75 Å². The number of benzene rings is 1. The van der Waals surface area contributed by atoms with Crippen molar-refractivity contribution in [2.75, 3.05) is 14.2 Å². The number of ether oxygens (including phenoxy) is 2. The minimum Gasteiger partial charge on any atom is -0.497 e. The van der Waals surface area contributed by atoms with Crippen molar-refractivity contribution in [1.82, 2.24) is 5.32 Å². The second-order valence-corrected chi connectivity index (χ2v) is 4.93. The minimum atomic E-state index is -0.257. The van der Waals surface area contributed by atoms with E-state index in [0.717, 1.165) is 17.7 Å². The normalized spacial score (nSPS) is 12.3. The van der Waals surface area contributed by atoms with Crippen LogP contribution in [-0.4, -0.2) is 26.2 Å². The fourth-order valence-corrected chi connectivity index (χ4v) is 1.86. The summed E-state index contributed by atoms with van der Waals surface area (Å²) < 4.78 is 9.93. The molecule has 0 bridgehead atoms. The summed E-state index contributed by atoms with van der Waals surface area (Å²) in [4.78, 5) is 11.7. The summed E-state index contributed by atoms with van der Waals surface area (Å²) in [5, 5.41) is 3.24. The molecule has 0 aliphatic carbocycles. The molecule has 4 heteroatoms. The van der Waals surface area contributed by atoms with Gasteiger partial charge in [0.2, 0.25) is 0 Å². The summed E-state index contributed by atoms with van der Waals surface area (Å²) in [5.41, 5.74) is 1.11. The van der Waals surface area contributed by atoms with Crippen molar-refractivity contribution < 1.29 is 14.3 Å². The molecule has 0 saturated carbocycles. The second kappa shape index (κ2) is 7.79. The van der Waals surface area contributed by atoms with Crippen LogP contribution in [0.2, 0.25) is 0 Å². The molecule has 1 atom stereocenters. The highest BCUT2D eigenvalue weighted by Crippen LogP contribution is 2.12. The van der Waals surface area contributed by atoms with Crippen LogP contribution in [0.25, 0.3) is 0 Å². The first-order valence-electron chi connectivity index (χ1n) is 6.51. The van der Waals surface area contributed by atoms with Crippen molar-refractivity contribution in [2.45, 2.75) is 32.9 Å². The molecule has 1 aromatic rings. The number of rotatable bonds is 7. The molecule has 0 saturated heterocycles. The van der Waals surface area contributed by atoms with Crippen LogP contribution in [-0.2, 0) is 16.1 Å². The van der Waals surface area contributed by atoms with Gasteiger partial charge >= 0.3 is 5.97 Å². The van der Waals surface area contributed by atoms with Crippen LogP contribution in [0.1, 0.15) is 25.8 Å². The van der Waals surface area contributed by atoms with Gasteiger partial charge < -0.3 is 14.8 Å². The standard InChI is InChI=1S/C15H23NO3/c1-11(2)9-14(15(17)19-4)16-10-12-5-7-13(18-3)8-6-12/h5-8,11,14,16H,9-10H2,1-4H3. The highest BCUT2D eigenvalue weighted by atomic mass is 16.5. The molecule has 1 unspecified atom stereocenters. The van der Waals surface area contributed by atoms with Crippen molar-refractivity contribution in [2.24, 2.45) is 5.92 Å². The highest BCUT2D eigenvalue weighted by Gasteiger charge is 2.19. The predicted molar refractivity (Wildman–Crippen MR) is 75.1 cm³/mol. The van der Waals surface area contributed by atoms with E-state index >= 15 is 0 Å². The van der Waals surface area contributed by atoms with Crippen molar-refractivity contribution >= 4 is 5.97 Å². The second-order valence-electron chi connectivity index (χ2n) is 4.93. The Hall–Kier alpha value is -1.55. The van der Waals surface area contributed by atoms with Gasteiger partial charge in [-0.1, -0.05) is 26.0 Å². The number of methoxy groups -OCH3 is 2. The Bertz CT molecular complexity index is 387. The van der Waals surface area contributed by atoms with Gasteiger partial charge in [0.05, 0.1) is 14.2 Å². The Labute approximate surface area is 115 Å². The quantitative estimate of drug-likeness (QED) is 0.769. The van der Waals surface area contributed by atoms with Crippen LogP contribution in [0.15, 0.2) is 24.3 Å². The van der Waals surface area contributed by atoms with Gasteiger partial charge in [-0.3, -0.25) is 4.79 Å².